The molecule has 1 aliphatic rings. The van der Waals surface area contributed by atoms with Gasteiger partial charge in [0.15, 0.2) is 16.3 Å². The zero-order valence-corrected chi connectivity index (χ0v) is 27.4. The molecule has 0 fully saturated rings. The van der Waals surface area contributed by atoms with Gasteiger partial charge in [0.2, 0.25) is 0 Å². The molecule has 8 nitrogen and oxygen atoms in total. The van der Waals surface area contributed by atoms with E-state index in [4.69, 9.17) is 23.9 Å². The number of carbonyl (C=O) groups is 1. The highest BCUT2D eigenvalue weighted by Crippen LogP contribution is 2.42. The zero-order chi connectivity index (χ0) is 31.7. The highest BCUT2D eigenvalue weighted by Gasteiger charge is 2.37. The average Bonchev–Trinajstić information content (AvgIpc) is 3.38. The van der Waals surface area contributed by atoms with Crippen LogP contribution in [0.15, 0.2) is 98.7 Å². The number of esters is 1. The molecule has 0 saturated carbocycles. The van der Waals surface area contributed by atoms with Crippen LogP contribution in [-0.2, 0) is 9.53 Å². The number of rotatable bonds is 8. The van der Waals surface area contributed by atoms with E-state index in [-0.39, 0.29) is 17.7 Å². The highest BCUT2D eigenvalue weighted by atomic mass is 79.9. The number of ether oxygens (including phenoxy) is 4. The third kappa shape index (κ3) is 5.44. The van der Waals surface area contributed by atoms with Crippen molar-refractivity contribution in [2.24, 2.45) is 4.99 Å². The predicted octanol–water partition coefficient (Wildman–Crippen LogP) is 5.88. The van der Waals surface area contributed by atoms with Crippen LogP contribution in [0.2, 0.25) is 0 Å². The van der Waals surface area contributed by atoms with E-state index >= 15 is 0 Å². The molecule has 0 N–H and O–H groups in total. The van der Waals surface area contributed by atoms with Crippen LogP contribution in [0.4, 0.5) is 0 Å². The minimum atomic E-state index is -0.896. The average molecular weight is 686 g/mol. The SMILES string of the molecule is CCOC(=O)C1=C(c2ccccc2)N=c2s/c(=C\c3cc(OC)c(OC)cc3Br)c(=O)n2C1c1c(OC)ccc2ccccc12. The number of aromatic nitrogens is 1. The van der Waals surface area contributed by atoms with Crippen LogP contribution in [-0.4, -0.2) is 38.5 Å². The van der Waals surface area contributed by atoms with Crippen LogP contribution < -0.4 is 29.1 Å². The number of carbonyl (C=O) groups excluding carboxylic acids is 1. The Balaban J connectivity index is 1.73. The van der Waals surface area contributed by atoms with Crippen LogP contribution in [0.3, 0.4) is 0 Å². The summed E-state index contributed by atoms with van der Waals surface area (Å²) in [6.45, 7) is 1.91. The number of nitrogens with zero attached hydrogens (tertiary/aromatic N) is 2. The molecule has 0 saturated heterocycles. The maximum Gasteiger partial charge on any atom is 0.338 e. The topological polar surface area (TPSA) is 88.4 Å². The summed E-state index contributed by atoms with van der Waals surface area (Å²) in [5.41, 5.74) is 2.49. The molecule has 6 rings (SSSR count). The molecule has 1 atom stereocenters. The molecule has 2 heterocycles. The number of benzene rings is 4. The van der Waals surface area contributed by atoms with E-state index < -0.39 is 12.0 Å². The van der Waals surface area contributed by atoms with Gasteiger partial charge in [0.1, 0.15) is 11.8 Å². The van der Waals surface area contributed by atoms with E-state index in [0.717, 1.165) is 20.8 Å². The minimum absolute atomic E-state index is 0.154. The molecule has 10 heteroatoms. The summed E-state index contributed by atoms with van der Waals surface area (Å²) in [5, 5.41) is 1.78. The van der Waals surface area contributed by atoms with Crippen molar-refractivity contribution in [2.45, 2.75) is 13.0 Å². The molecule has 0 amide bonds. The predicted molar refractivity (Wildman–Crippen MR) is 179 cm³/mol. The maximum absolute atomic E-state index is 14.5. The molecular formula is C35H29BrN2O6S. The standard InChI is InChI=1S/C35H29BrN2O6S/c1-5-44-34(40)30-31(21-12-7-6-8-13-21)37-35-38(32(30)29-23-14-10-9-11-20(23)15-16-25(29)41-2)33(39)28(45-35)18-22-17-26(42-3)27(43-4)19-24(22)36/h6-19,32H,5H2,1-4H3/b28-18-. The summed E-state index contributed by atoms with van der Waals surface area (Å²) < 4.78 is 25.2. The fourth-order valence-electron chi connectivity index (χ4n) is 5.57. The minimum Gasteiger partial charge on any atom is -0.496 e. The lowest BCUT2D eigenvalue weighted by Crippen LogP contribution is -2.40. The summed E-state index contributed by atoms with van der Waals surface area (Å²) >= 11 is 4.85. The first-order valence-corrected chi connectivity index (χ1v) is 15.8. The van der Waals surface area contributed by atoms with Gasteiger partial charge >= 0.3 is 5.97 Å². The van der Waals surface area contributed by atoms with E-state index in [9.17, 15) is 9.59 Å². The number of methoxy groups -OCH3 is 3. The van der Waals surface area contributed by atoms with Gasteiger partial charge in [0.05, 0.1) is 43.7 Å². The Morgan fingerprint density at radius 3 is 2.33 bits per heavy atom. The van der Waals surface area contributed by atoms with E-state index in [0.29, 0.717) is 43.4 Å². The van der Waals surface area contributed by atoms with Gasteiger partial charge in [-0.3, -0.25) is 9.36 Å². The number of hydrogen-bond donors (Lipinski definition) is 0. The quantitative estimate of drug-likeness (QED) is 0.190. The third-order valence-corrected chi connectivity index (χ3v) is 9.26. The van der Waals surface area contributed by atoms with Crippen LogP contribution in [0.25, 0.3) is 22.5 Å². The Morgan fingerprint density at radius 2 is 1.62 bits per heavy atom. The van der Waals surface area contributed by atoms with Crippen LogP contribution in [0.1, 0.15) is 29.7 Å². The van der Waals surface area contributed by atoms with Crippen molar-refractivity contribution in [2.75, 3.05) is 27.9 Å². The van der Waals surface area contributed by atoms with Crippen LogP contribution in [0.5, 0.6) is 17.2 Å². The van der Waals surface area contributed by atoms with Gasteiger partial charge in [0, 0.05) is 15.6 Å². The number of hydrogen-bond acceptors (Lipinski definition) is 8. The Bertz CT molecular complexity index is 2150. The molecule has 228 valence electrons. The molecule has 0 radical (unpaired) electrons. The van der Waals surface area contributed by atoms with Gasteiger partial charge in [0.25, 0.3) is 5.56 Å². The van der Waals surface area contributed by atoms with Crippen molar-refractivity contribution in [3.63, 3.8) is 0 Å². The molecule has 1 aliphatic heterocycles. The van der Waals surface area contributed by atoms with E-state index in [1.807, 2.05) is 66.7 Å². The maximum atomic E-state index is 14.5. The second kappa shape index (κ2) is 12.7. The third-order valence-electron chi connectivity index (χ3n) is 7.59. The van der Waals surface area contributed by atoms with Crippen molar-refractivity contribution in [1.82, 2.24) is 4.57 Å². The molecule has 5 aromatic rings. The Hall–Kier alpha value is -4.67. The Morgan fingerprint density at radius 1 is 0.933 bits per heavy atom. The van der Waals surface area contributed by atoms with Gasteiger partial charge < -0.3 is 18.9 Å². The molecule has 45 heavy (non-hydrogen) atoms. The smallest absolute Gasteiger partial charge is 0.338 e. The van der Waals surface area contributed by atoms with Gasteiger partial charge in [-0.05, 0) is 47.5 Å². The summed E-state index contributed by atoms with van der Waals surface area (Å²) in [5.74, 6) is 1.05. The number of fused-ring (bicyclic) bond motifs is 2. The van der Waals surface area contributed by atoms with Crippen molar-refractivity contribution < 1.29 is 23.7 Å². The first-order valence-electron chi connectivity index (χ1n) is 14.2. The lowest BCUT2D eigenvalue weighted by Gasteiger charge is -2.28. The van der Waals surface area contributed by atoms with Crippen molar-refractivity contribution in [1.29, 1.82) is 0 Å². The normalized spacial score (nSPS) is 14.6. The van der Waals surface area contributed by atoms with Crippen molar-refractivity contribution >= 4 is 55.8 Å². The number of halogens is 1. The van der Waals surface area contributed by atoms with Crippen molar-refractivity contribution in [3.8, 4) is 17.2 Å². The van der Waals surface area contributed by atoms with Gasteiger partial charge in [-0.15, -0.1) is 0 Å². The molecule has 0 bridgehead atoms. The summed E-state index contributed by atoms with van der Waals surface area (Å²) in [6, 6.07) is 23.8. The molecule has 1 unspecified atom stereocenters. The molecule has 0 spiro atoms. The summed E-state index contributed by atoms with van der Waals surface area (Å²) in [6.07, 6.45) is 1.78. The molecule has 1 aromatic heterocycles. The first kappa shape index (κ1) is 30.4. The van der Waals surface area contributed by atoms with E-state index in [1.54, 1.807) is 51.0 Å². The Kier molecular flexibility index (Phi) is 8.60. The molecule has 0 aliphatic carbocycles. The highest BCUT2D eigenvalue weighted by molar-refractivity contribution is 9.10. The summed E-state index contributed by atoms with van der Waals surface area (Å²) in [7, 11) is 4.70. The summed E-state index contributed by atoms with van der Waals surface area (Å²) in [4.78, 5) is 33.9. The van der Waals surface area contributed by atoms with E-state index in [2.05, 4.69) is 15.9 Å². The fraction of sp³-hybridized carbons (Fsp3) is 0.171. The molecule has 4 aromatic carbocycles. The van der Waals surface area contributed by atoms with Crippen molar-refractivity contribution in [3.05, 3.63) is 125 Å². The lowest BCUT2D eigenvalue weighted by molar-refractivity contribution is -0.138. The second-order valence-electron chi connectivity index (χ2n) is 10.1. The fourth-order valence-corrected chi connectivity index (χ4v) is 7.00. The zero-order valence-electron chi connectivity index (χ0n) is 25.0. The Labute approximate surface area is 271 Å². The lowest BCUT2D eigenvalue weighted by atomic mass is 9.89. The van der Waals surface area contributed by atoms with Gasteiger partial charge in [-0.25, -0.2) is 9.79 Å². The van der Waals surface area contributed by atoms with Gasteiger partial charge in [-0.2, -0.15) is 0 Å². The largest absolute Gasteiger partial charge is 0.496 e. The second-order valence-corrected chi connectivity index (χ2v) is 11.9. The first-order chi connectivity index (χ1) is 21.9. The molecular weight excluding hydrogens is 656 g/mol. The van der Waals surface area contributed by atoms with Crippen LogP contribution >= 0.6 is 27.3 Å². The van der Waals surface area contributed by atoms with Gasteiger partial charge in [-0.1, -0.05) is 87.9 Å². The monoisotopic (exact) mass is 684 g/mol. The number of thiazole rings is 1. The van der Waals surface area contributed by atoms with E-state index in [1.165, 1.54) is 11.3 Å². The van der Waals surface area contributed by atoms with Crippen LogP contribution in [0, 0.1) is 0 Å².